The smallest absolute Gasteiger partial charge is 0.305 e. The van der Waals surface area contributed by atoms with E-state index < -0.39 is 5.97 Å². The van der Waals surface area contributed by atoms with Gasteiger partial charge in [0, 0.05) is 27.7 Å². The molecule has 1 aliphatic carbocycles. The molecule has 1 atom stereocenters. The van der Waals surface area contributed by atoms with E-state index in [0.29, 0.717) is 23.2 Å². The Balaban J connectivity index is 1.31. The molecule has 0 spiro atoms. The maximum absolute atomic E-state index is 11.3. The Kier molecular flexibility index (Phi) is 5.78. The number of benzene rings is 2. The van der Waals surface area contributed by atoms with Crippen LogP contribution in [0.15, 0.2) is 40.9 Å². The van der Waals surface area contributed by atoms with E-state index in [1.165, 1.54) is 19.3 Å². The van der Waals surface area contributed by atoms with E-state index >= 15 is 0 Å². The molecule has 2 aliphatic rings. The average molecular weight is 482 g/mol. The number of nitriles is 1. The molecule has 182 valence electrons. The Labute approximate surface area is 208 Å². The van der Waals surface area contributed by atoms with Crippen molar-refractivity contribution < 1.29 is 14.4 Å². The summed E-state index contributed by atoms with van der Waals surface area (Å²) in [4.78, 5) is 19.3. The fraction of sp³-hybridized carbons (Fsp3) is 0.357. The molecule has 1 fully saturated rings. The van der Waals surface area contributed by atoms with Gasteiger partial charge in [-0.2, -0.15) is 10.2 Å². The van der Waals surface area contributed by atoms with Crippen LogP contribution in [-0.2, 0) is 11.2 Å². The minimum Gasteiger partial charge on any atom is -0.481 e. The number of aromatic amines is 1. The quantitative estimate of drug-likeness (QED) is 0.345. The number of aliphatic carboxylic acids is 1. The third kappa shape index (κ3) is 4.06. The van der Waals surface area contributed by atoms with Gasteiger partial charge < -0.3 is 19.9 Å². The highest BCUT2D eigenvalue weighted by Crippen LogP contribution is 2.37. The molecule has 4 aromatic rings. The van der Waals surface area contributed by atoms with Gasteiger partial charge in [-0.05, 0) is 73.2 Å². The normalized spacial score (nSPS) is 18.1. The second kappa shape index (κ2) is 9.25. The van der Waals surface area contributed by atoms with Crippen molar-refractivity contribution in [2.75, 3.05) is 6.54 Å². The molecule has 2 aromatic carbocycles. The van der Waals surface area contributed by atoms with E-state index in [1.807, 2.05) is 36.4 Å². The zero-order valence-electron chi connectivity index (χ0n) is 19.9. The molecule has 0 amide bonds. The van der Waals surface area contributed by atoms with E-state index in [9.17, 15) is 15.2 Å². The lowest BCUT2D eigenvalue weighted by Gasteiger charge is -2.22. The zero-order valence-corrected chi connectivity index (χ0v) is 19.9. The predicted octanol–water partition coefficient (Wildman–Crippen LogP) is 5.47. The van der Waals surface area contributed by atoms with Crippen LogP contribution in [0, 0.1) is 11.3 Å². The molecule has 1 aliphatic heterocycles. The molecule has 3 heterocycles. The Morgan fingerprint density at radius 2 is 1.97 bits per heavy atom. The topological polar surface area (TPSA) is 128 Å². The average Bonchev–Trinajstić information content (AvgIpc) is 3.54. The Hall–Kier alpha value is -3.96. The van der Waals surface area contributed by atoms with Crippen LogP contribution in [0.2, 0.25) is 0 Å². The van der Waals surface area contributed by atoms with Crippen molar-refractivity contribution in [1.82, 2.24) is 20.4 Å². The number of fused-ring (bicyclic) bond motifs is 3. The summed E-state index contributed by atoms with van der Waals surface area (Å²) in [6, 6.07) is 14.0. The first-order chi connectivity index (χ1) is 17.6. The van der Waals surface area contributed by atoms with Gasteiger partial charge in [-0.15, -0.1) is 0 Å². The van der Waals surface area contributed by atoms with Crippen molar-refractivity contribution in [2.45, 2.75) is 56.9 Å². The number of carbonyl (C=O) groups is 1. The van der Waals surface area contributed by atoms with Crippen LogP contribution in [0.25, 0.3) is 33.7 Å². The summed E-state index contributed by atoms with van der Waals surface area (Å²) in [6.45, 7) is 0.729. The fourth-order valence-corrected chi connectivity index (χ4v) is 5.81. The van der Waals surface area contributed by atoms with Gasteiger partial charge in [0.2, 0.25) is 5.82 Å². The van der Waals surface area contributed by atoms with Gasteiger partial charge in [0.15, 0.2) is 0 Å². The van der Waals surface area contributed by atoms with Crippen LogP contribution < -0.4 is 5.32 Å². The summed E-state index contributed by atoms with van der Waals surface area (Å²) in [5.74, 6) is 0.488. The summed E-state index contributed by atoms with van der Waals surface area (Å²) in [6.07, 6.45) is 6.83. The lowest BCUT2D eigenvalue weighted by atomic mass is 9.82. The summed E-state index contributed by atoms with van der Waals surface area (Å²) in [5.41, 5.74) is 6.41. The molecule has 1 saturated carbocycles. The minimum atomic E-state index is -0.828. The molecular formula is C28H27N5O3. The standard InChI is InChI=1S/C28H27N5O3/c29-15-19-12-18(6-8-20(19)16-4-2-1-3-5-16)28-32-27(33-36-28)17-7-9-23-22(13-17)21-10-11-30-24(14-25(34)35)26(21)31-23/h6-9,12-13,16,24,30-31H,1-5,10-11,14H2,(H,34,35)/t24-/m1/s1. The molecule has 8 heteroatoms. The molecule has 36 heavy (non-hydrogen) atoms. The number of hydrogen-bond donors (Lipinski definition) is 3. The monoisotopic (exact) mass is 481 g/mol. The summed E-state index contributed by atoms with van der Waals surface area (Å²) in [5, 5.41) is 27.6. The van der Waals surface area contributed by atoms with Crippen LogP contribution >= 0.6 is 0 Å². The van der Waals surface area contributed by atoms with Crippen molar-refractivity contribution in [3.05, 3.63) is 58.8 Å². The van der Waals surface area contributed by atoms with Gasteiger partial charge in [0.05, 0.1) is 24.1 Å². The van der Waals surface area contributed by atoms with Crippen LogP contribution in [0.4, 0.5) is 0 Å². The minimum absolute atomic E-state index is 0.0328. The largest absolute Gasteiger partial charge is 0.481 e. The number of carboxylic acid groups (broad SMARTS) is 1. The van der Waals surface area contributed by atoms with Crippen molar-refractivity contribution in [1.29, 1.82) is 5.26 Å². The highest BCUT2D eigenvalue weighted by atomic mass is 16.5. The molecule has 0 radical (unpaired) electrons. The molecule has 0 bridgehead atoms. The van der Waals surface area contributed by atoms with Crippen LogP contribution in [0.1, 0.15) is 72.9 Å². The number of hydrogen-bond acceptors (Lipinski definition) is 6. The van der Waals surface area contributed by atoms with Crippen LogP contribution in [-0.4, -0.2) is 32.7 Å². The number of carboxylic acids is 1. The van der Waals surface area contributed by atoms with Gasteiger partial charge in [-0.1, -0.05) is 30.5 Å². The Morgan fingerprint density at radius 1 is 1.14 bits per heavy atom. The first kappa shape index (κ1) is 22.5. The van der Waals surface area contributed by atoms with Gasteiger partial charge in [0.25, 0.3) is 5.89 Å². The van der Waals surface area contributed by atoms with E-state index in [1.54, 1.807) is 0 Å². The van der Waals surface area contributed by atoms with E-state index in [2.05, 4.69) is 26.5 Å². The second-order valence-corrected chi connectivity index (χ2v) is 9.80. The van der Waals surface area contributed by atoms with Crippen molar-refractivity contribution in [3.8, 4) is 28.9 Å². The van der Waals surface area contributed by atoms with Crippen LogP contribution in [0.3, 0.4) is 0 Å². The van der Waals surface area contributed by atoms with Crippen molar-refractivity contribution >= 4 is 16.9 Å². The molecular weight excluding hydrogens is 454 g/mol. The van der Waals surface area contributed by atoms with E-state index in [0.717, 1.165) is 64.7 Å². The molecule has 0 saturated heterocycles. The SMILES string of the molecule is N#Cc1cc(-c2nc(-c3ccc4[nH]c5c(c4c3)CCN[C@@H]5CC(=O)O)no2)ccc1C1CCCCC1. The molecule has 8 nitrogen and oxygen atoms in total. The lowest BCUT2D eigenvalue weighted by Crippen LogP contribution is -2.31. The molecule has 0 unspecified atom stereocenters. The Bertz CT molecular complexity index is 1490. The van der Waals surface area contributed by atoms with E-state index in [-0.39, 0.29) is 12.5 Å². The maximum Gasteiger partial charge on any atom is 0.305 e. The maximum atomic E-state index is 11.3. The molecule has 2 aromatic heterocycles. The van der Waals surface area contributed by atoms with Gasteiger partial charge >= 0.3 is 5.97 Å². The second-order valence-electron chi connectivity index (χ2n) is 9.80. The number of rotatable bonds is 5. The third-order valence-electron chi connectivity index (χ3n) is 7.58. The summed E-state index contributed by atoms with van der Waals surface area (Å²) < 4.78 is 5.60. The van der Waals surface area contributed by atoms with E-state index in [4.69, 9.17) is 4.52 Å². The number of nitrogens with one attached hydrogen (secondary N) is 2. The van der Waals surface area contributed by atoms with Gasteiger partial charge in [-0.25, -0.2) is 0 Å². The first-order valence-corrected chi connectivity index (χ1v) is 12.6. The van der Waals surface area contributed by atoms with Gasteiger partial charge in [-0.3, -0.25) is 4.79 Å². The molecule has 6 rings (SSSR count). The Morgan fingerprint density at radius 3 is 2.78 bits per heavy atom. The molecule has 3 N–H and O–H groups in total. The van der Waals surface area contributed by atoms with Crippen molar-refractivity contribution in [2.24, 2.45) is 0 Å². The first-order valence-electron chi connectivity index (χ1n) is 12.6. The van der Waals surface area contributed by atoms with Crippen LogP contribution in [0.5, 0.6) is 0 Å². The summed E-state index contributed by atoms with van der Waals surface area (Å²) in [7, 11) is 0. The number of nitrogens with zero attached hydrogens (tertiary/aromatic N) is 3. The third-order valence-corrected chi connectivity index (χ3v) is 7.58. The predicted molar refractivity (Wildman–Crippen MR) is 134 cm³/mol. The highest BCUT2D eigenvalue weighted by Gasteiger charge is 2.26. The number of H-pyrrole nitrogens is 1. The highest BCUT2D eigenvalue weighted by molar-refractivity contribution is 5.89. The lowest BCUT2D eigenvalue weighted by molar-refractivity contribution is -0.137. The van der Waals surface area contributed by atoms with Gasteiger partial charge in [0.1, 0.15) is 0 Å². The fourth-order valence-electron chi connectivity index (χ4n) is 5.81. The number of aromatic nitrogens is 3. The summed E-state index contributed by atoms with van der Waals surface area (Å²) >= 11 is 0. The zero-order chi connectivity index (χ0) is 24.6. The van der Waals surface area contributed by atoms with Crippen molar-refractivity contribution in [3.63, 3.8) is 0 Å².